The molecule has 1 fully saturated rings. The summed E-state index contributed by atoms with van der Waals surface area (Å²) in [6, 6.07) is 0. The van der Waals surface area contributed by atoms with Crippen LogP contribution in [-0.2, 0) is 14.9 Å². The Hall–Kier alpha value is -0.210. The summed E-state index contributed by atoms with van der Waals surface area (Å²) >= 11 is 0. The quantitative estimate of drug-likeness (QED) is 0.653. The first-order valence-corrected chi connectivity index (χ1v) is 6.93. The van der Waals surface area contributed by atoms with E-state index < -0.39 is 10.1 Å². The molecule has 0 saturated carbocycles. The molecule has 0 aromatic heterocycles. The normalized spacial score (nSPS) is 17.7. The molecule has 0 unspecified atom stereocenters. The molecule has 0 amide bonds. The van der Waals surface area contributed by atoms with Gasteiger partial charge >= 0.3 is 0 Å². The molecule has 0 aromatic rings. The molecule has 98 valence electrons. The van der Waals surface area contributed by atoms with Crippen molar-refractivity contribution in [3.63, 3.8) is 0 Å². The number of methoxy groups -OCH3 is 1. The Balaban J connectivity index is 0.000000487. The van der Waals surface area contributed by atoms with Crippen molar-refractivity contribution in [1.29, 1.82) is 0 Å². The van der Waals surface area contributed by atoms with E-state index in [0.29, 0.717) is 6.54 Å². The highest BCUT2D eigenvalue weighted by Crippen LogP contribution is 1.93. The van der Waals surface area contributed by atoms with Crippen LogP contribution in [-0.4, -0.2) is 70.1 Å². The van der Waals surface area contributed by atoms with E-state index in [1.165, 1.54) is 0 Å². The number of rotatable bonds is 4. The topological polar surface area (TPSA) is 81.7 Å². The van der Waals surface area contributed by atoms with E-state index in [2.05, 4.69) is 10.1 Å². The van der Waals surface area contributed by atoms with Gasteiger partial charge in [-0.1, -0.05) is 0 Å². The van der Waals surface area contributed by atoms with E-state index >= 15 is 0 Å². The van der Waals surface area contributed by atoms with E-state index in [9.17, 15) is 13.0 Å². The molecule has 16 heavy (non-hydrogen) atoms. The summed E-state index contributed by atoms with van der Waals surface area (Å²) in [4.78, 5) is 1.98. The molecule has 0 radical (unpaired) electrons. The molecule has 0 aliphatic carbocycles. The van der Waals surface area contributed by atoms with Crippen LogP contribution in [0.25, 0.3) is 0 Å². The Morgan fingerprint density at radius 1 is 1.38 bits per heavy atom. The summed E-state index contributed by atoms with van der Waals surface area (Å²) in [5, 5.41) is 3.14. The van der Waals surface area contributed by atoms with Crippen LogP contribution in [0.3, 0.4) is 0 Å². The van der Waals surface area contributed by atoms with Gasteiger partial charge in [-0.25, -0.2) is 8.42 Å². The van der Waals surface area contributed by atoms with Crippen LogP contribution in [0.15, 0.2) is 0 Å². The highest BCUT2D eigenvalue weighted by atomic mass is 32.2. The SMILES string of the molecule is CCOC.O=S(=O)([O-])CCN1CCNCC1. The monoisotopic (exact) mass is 253 g/mol. The highest BCUT2D eigenvalue weighted by Gasteiger charge is 2.09. The summed E-state index contributed by atoms with van der Waals surface area (Å²) in [5.74, 6) is -0.271. The molecular formula is C9H21N2O4S-. The van der Waals surface area contributed by atoms with Gasteiger partial charge in [0.05, 0.1) is 15.9 Å². The minimum atomic E-state index is -4.04. The number of ether oxygens (including phenoxy) is 1. The second-order valence-electron chi connectivity index (χ2n) is 3.43. The zero-order valence-electron chi connectivity index (χ0n) is 9.94. The lowest BCUT2D eigenvalue weighted by molar-refractivity contribution is 0.215. The van der Waals surface area contributed by atoms with Crippen molar-refractivity contribution >= 4 is 10.1 Å². The van der Waals surface area contributed by atoms with Crippen molar-refractivity contribution in [2.45, 2.75) is 6.92 Å². The summed E-state index contributed by atoms with van der Waals surface area (Å²) in [7, 11) is -2.36. The van der Waals surface area contributed by atoms with E-state index in [1.54, 1.807) is 7.11 Å². The van der Waals surface area contributed by atoms with Crippen molar-refractivity contribution in [2.24, 2.45) is 0 Å². The molecule has 0 atom stereocenters. The fraction of sp³-hybridized carbons (Fsp3) is 1.00. The standard InChI is InChI=1S/C6H14N2O3S.C3H8O/c9-12(10,11)6-5-8-3-1-7-2-4-8;1-3-4-2/h7H,1-6H2,(H,9,10,11);3H2,1-2H3/p-1. The predicted molar refractivity (Wildman–Crippen MR) is 61.4 cm³/mol. The zero-order chi connectivity index (χ0) is 12.4. The Labute approximate surface area is 97.7 Å². The number of nitrogens with one attached hydrogen (secondary N) is 1. The maximum Gasteiger partial charge on any atom is 0.0958 e. The number of nitrogens with zero attached hydrogens (tertiary/aromatic N) is 1. The fourth-order valence-corrected chi connectivity index (χ4v) is 1.66. The predicted octanol–water partition coefficient (Wildman–Crippen LogP) is -0.910. The lowest BCUT2D eigenvalue weighted by Crippen LogP contribution is -2.45. The Morgan fingerprint density at radius 2 is 1.88 bits per heavy atom. The van der Waals surface area contributed by atoms with Gasteiger partial charge in [0.2, 0.25) is 0 Å². The third kappa shape index (κ3) is 10.3. The van der Waals surface area contributed by atoms with Crippen LogP contribution in [0.5, 0.6) is 0 Å². The minimum absolute atomic E-state index is 0.271. The average molecular weight is 253 g/mol. The van der Waals surface area contributed by atoms with Gasteiger partial charge in [0, 0.05) is 46.4 Å². The lowest BCUT2D eigenvalue weighted by atomic mass is 10.4. The molecule has 0 spiro atoms. The van der Waals surface area contributed by atoms with Crippen molar-refractivity contribution in [3.8, 4) is 0 Å². The first kappa shape index (κ1) is 15.8. The third-order valence-electron chi connectivity index (χ3n) is 2.16. The Morgan fingerprint density at radius 3 is 2.25 bits per heavy atom. The molecule has 7 heteroatoms. The van der Waals surface area contributed by atoms with Crippen LogP contribution in [0.2, 0.25) is 0 Å². The van der Waals surface area contributed by atoms with Crippen molar-refractivity contribution < 1.29 is 17.7 Å². The maximum absolute atomic E-state index is 10.3. The molecule has 0 bridgehead atoms. The molecule has 1 heterocycles. The number of hydrogen-bond acceptors (Lipinski definition) is 6. The Bertz CT molecular complexity index is 248. The smallest absolute Gasteiger partial charge is 0.0958 e. The van der Waals surface area contributed by atoms with E-state index in [4.69, 9.17) is 0 Å². The van der Waals surface area contributed by atoms with E-state index in [0.717, 1.165) is 32.8 Å². The van der Waals surface area contributed by atoms with Crippen molar-refractivity contribution in [2.75, 3.05) is 52.2 Å². The van der Waals surface area contributed by atoms with E-state index in [-0.39, 0.29) is 5.75 Å². The summed E-state index contributed by atoms with van der Waals surface area (Å²) in [6.45, 7) is 6.55. The van der Waals surface area contributed by atoms with Gasteiger partial charge in [0.1, 0.15) is 0 Å². The molecular weight excluding hydrogens is 232 g/mol. The first-order valence-electron chi connectivity index (χ1n) is 5.35. The molecule has 1 saturated heterocycles. The summed E-state index contributed by atoms with van der Waals surface area (Å²) in [6.07, 6.45) is 0. The molecule has 1 aliphatic rings. The van der Waals surface area contributed by atoms with Crippen molar-refractivity contribution in [3.05, 3.63) is 0 Å². The molecule has 6 nitrogen and oxygen atoms in total. The average Bonchev–Trinajstić information content (AvgIpc) is 2.27. The molecule has 0 aromatic carbocycles. The summed E-state index contributed by atoms with van der Waals surface area (Å²) < 4.78 is 35.4. The number of hydrogen-bond donors (Lipinski definition) is 1. The highest BCUT2D eigenvalue weighted by molar-refractivity contribution is 7.85. The van der Waals surface area contributed by atoms with Gasteiger partial charge in [-0.05, 0) is 6.92 Å². The van der Waals surface area contributed by atoms with Crippen molar-refractivity contribution in [1.82, 2.24) is 10.2 Å². The first-order chi connectivity index (χ1) is 7.49. The second kappa shape index (κ2) is 8.89. The van der Waals surface area contributed by atoms with Crippen LogP contribution in [0.1, 0.15) is 6.92 Å². The fourth-order valence-electron chi connectivity index (χ4n) is 1.18. The molecule has 1 aliphatic heterocycles. The van der Waals surface area contributed by atoms with E-state index in [1.807, 2.05) is 11.8 Å². The third-order valence-corrected chi connectivity index (χ3v) is 2.84. The largest absolute Gasteiger partial charge is 0.748 e. The van der Waals surface area contributed by atoms with Gasteiger partial charge in [-0.2, -0.15) is 0 Å². The van der Waals surface area contributed by atoms with Gasteiger partial charge in [-0.15, -0.1) is 0 Å². The van der Waals surface area contributed by atoms with Crippen LogP contribution >= 0.6 is 0 Å². The Kier molecular flexibility index (Phi) is 8.77. The van der Waals surface area contributed by atoms with Gasteiger partial charge < -0.3 is 14.6 Å². The zero-order valence-corrected chi connectivity index (χ0v) is 10.8. The van der Waals surface area contributed by atoms with Gasteiger partial charge in [-0.3, -0.25) is 4.90 Å². The molecule has 1 rings (SSSR count). The molecule has 1 N–H and O–H groups in total. The van der Waals surface area contributed by atoms with Crippen LogP contribution < -0.4 is 5.32 Å². The van der Waals surface area contributed by atoms with Crippen LogP contribution in [0.4, 0.5) is 0 Å². The lowest BCUT2D eigenvalue weighted by Gasteiger charge is -2.27. The summed E-state index contributed by atoms with van der Waals surface area (Å²) in [5.41, 5.74) is 0. The van der Waals surface area contributed by atoms with Gasteiger partial charge in [0.15, 0.2) is 0 Å². The van der Waals surface area contributed by atoms with Gasteiger partial charge in [0.25, 0.3) is 0 Å². The van der Waals surface area contributed by atoms with Crippen LogP contribution in [0, 0.1) is 0 Å². The minimum Gasteiger partial charge on any atom is -0.748 e. The maximum atomic E-state index is 10.3. The second-order valence-corrected chi connectivity index (χ2v) is 4.95. The number of piperazine rings is 1.